The Morgan fingerprint density at radius 3 is 2.52 bits per heavy atom. The quantitative estimate of drug-likeness (QED) is 0.774. The molecule has 0 spiro atoms. The maximum absolute atomic E-state index is 12.5. The largest absolute Gasteiger partial charge is 0.314 e. The van der Waals surface area contributed by atoms with E-state index in [2.05, 4.69) is 26.1 Å². The van der Waals surface area contributed by atoms with E-state index in [0.717, 1.165) is 25.8 Å². The van der Waals surface area contributed by atoms with Crippen molar-refractivity contribution in [3.63, 3.8) is 0 Å². The van der Waals surface area contributed by atoms with E-state index in [1.165, 1.54) is 0 Å². The standard InChI is InChI=1S/C17H29NO4S/c1-12-4-5-13(9-18-12)10-22-23(20,21)11-17-7-6-14(8-15(17)19)16(17,2)3/h12-14,18H,4-11H2,1-3H3/t12-,13-,14-,17-/m1/s1. The maximum Gasteiger partial charge on any atom is 0.268 e. The summed E-state index contributed by atoms with van der Waals surface area (Å²) in [6.07, 6.45) is 4.22. The Morgan fingerprint density at radius 2 is 2.00 bits per heavy atom. The molecule has 2 bridgehead atoms. The number of ketones is 1. The molecule has 3 aliphatic rings. The summed E-state index contributed by atoms with van der Waals surface area (Å²) in [5.74, 6) is 0.550. The molecule has 1 N–H and O–H groups in total. The van der Waals surface area contributed by atoms with Gasteiger partial charge in [0.15, 0.2) is 0 Å². The zero-order valence-electron chi connectivity index (χ0n) is 14.4. The lowest BCUT2D eigenvalue weighted by molar-refractivity contribution is -0.128. The number of fused-ring (bicyclic) bond motifs is 2. The van der Waals surface area contributed by atoms with Gasteiger partial charge in [0.1, 0.15) is 5.78 Å². The first-order valence-corrected chi connectivity index (χ1v) is 10.4. The number of rotatable bonds is 5. The van der Waals surface area contributed by atoms with Crippen LogP contribution in [0, 0.1) is 22.7 Å². The molecule has 0 radical (unpaired) electrons. The molecule has 2 aliphatic carbocycles. The Bertz CT molecular complexity index is 577. The average Bonchev–Trinajstić information content (AvgIpc) is 2.80. The Kier molecular flexibility index (Phi) is 4.39. The van der Waals surface area contributed by atoms with E-state index in [1.807, 2.05) is 0 Å². The van der Waals surface area contributed by atoms with Crippen LogP contribution >= 0.6 is 0 Å². The highest BCUT2D eigenvalue weighted by atomic mass is 32.2. The molecule has 5 nitrogen and oxygen atoms in total. The molecule has 1 saturated heterocycles. The van der Waals surface area contributed by atoms with Gasteiger partial charge in [0, 0.05) is 19.0 Å². The van der Waals surface area contributed by atoms with E-state index in [0.29, 0.717) is 24.8 Å². The van der Waals surface area contributed by atoms with Crippen molar-refractivity contribution in [3.05, 3.63) is 0 Å². The second-order valence-corrected chi connectivity index (χ2v) is 10.0. The fourth-order valence-corrected chi connectivity index (χ4v) is 6.62. The minimum Gasteiger partial charge on any atom is -0.314 e. The summed E-state index contributed by atoms with van der Waals surface area (Å²) < 4.78 is 30.4. The van der Waals surface area contributed by atoms with Gasteiger partial charge in [0.25, 0.3) is 10.1 Å². The summed E-state index contributed by atoms with van der Waals surface area (Å²) >= 11 is 0. The zero-order valence-corrected chi connectivity index (χ0v) is 15.2. The van der Waals surface area contributed by atoms with E-state index in [9.17, 15) is 13.2 Å². The lowest BCUT2D eigenvalue weighted by Crippen LogP contribution is -2.43. The first-order chi connectivity index (χ1) is 10.7. The third kappa shape index (κ3) is 2.98. The minimum atomic E-state index is -3.67. The van der Waals surface area contributed by atoms with Gasteiger partial charge in [-0.2, -0.15) is 8.42 Å². The minimum absolute atomic E-state index is 0.124. The Morgan fingerprint density at radius 1 is 1.26 bits per heavy atom. The van der Waals surface area contributed by atoms with Gasteiger partial charge in [-0.15, -0.1) is 0 Å². The number of carbonyl (C=O) groups excluding carboxylic acids is 1. The van der Waals surface area contributed by atoms with Crippen LogP contribution in [0.25, 0.3) is 0 Å². The number of hydrogen-bond acceptors (Lipinski definition) is 5. The summed E-state index contributed by atoms with van der Waals surface area (Å²) in [6.45, 7) is 7.27. The first-order valence-electron chi connectivity index (χ1n) is 8.80. The monoisotopic (exact) mass is 343 g/mol. The molecule has 6 heteroatoms. The normalized spacial score (nSPS) is 39.8. The van der Waals surface area contributed by atoms with Crippen LogP contribution in [-0.4, -0.2) is 39.1 Å². The smallest absolute Gasteiger partial charge is 0.268 e. The second kappa shape index (κ2) is 5.81. The van der Waals surface area contributed by atoms with E-state index < -0.39 is 15.5 Å². The van der Waals surface area contributed by atoms with Gasteiger partial charge in [0.05, 0.1) is 17.8 Å². The molecule has 1 aliphatic heterocycles. The van der Waals surface area contributed by atoms with Crippen LogP contribution in [-0.2, 0) is 19.1 Å². The Labute approximate surface area is 139 Å². The van der Waals surface area contributed by atoms with E-state index in [1.54, 1.807) is 0 Å². The van der Waals surface area contributed by atoms with Crippen LogP contribution in [0.5, 0.6) is 0 Å². The van der Waals surface area contributed by atoms with E-state index in [4.69, 9.17) is 4.18 Å². The zero-order chi connectivity index (χ0) is 16.9. The summed E-state index contributed by atoms with van der Waals surface area (Å²) in [7, 11) is -3.67. The highest BCUT2D eigenvalue weighted by Gasteiger charge is 2.65. The van der Waals surface area contributed by atoms with Crippen LogP contribution in [0.3, 0.4) is 0 Å². The molecule has 3 rings (SSSR count). The van der Waals surface area contributed by atoms with Crippen molar-refractivity contribution in [3.8, 4) is 0 Å². The summed E-state index contributed by atoms with van der Waals surface area (Å²) in [6, 6.07) is 0.495. The summed E-state index contributed by atoms with van der Waals surface area (Å²) in [5.41, 5.74) is -0.960. The van der Waals surface area contributed by atoms with Crippen molar-refractivity contribution < 1.29 is 17.4 Å². The Balaban J connectivity index is 1.63. The molecular weight excluding hydrogens is 314 g/mol. The number of hydrogen-bond donors (Lipinski definition) is 1. The lowest BCUT2D eigenvalue weighted by atomic mass is 9.70. The maximum atomic E-state index is 12.5. The molecule has 2 saturated carbocycles. The predicted molar refractivity (Wildman–Crippen MR) is 88.5 cm³/mol. The topological polar surface area (TPSA) is 72.5 Å². The van der Waals surface area contributed by atoms with Gasteiger partial charge in [-0.1, -0.05) is 13.8 Å². The Hall–Kier alpha value is -0.460. The molecule has 0 unspecified atom stereocenters. The summed E-state index contributed by atoms with van der Waals surface area (Å²) in [5, 5.41) is 3.36. The molecule has 1 heterocycles. The van der Waals surface area contributed by atoms with Gasteiger partial charge in [-0.05, 0) is 49.9 Å². The van der Waals surface area contributed by atoms with Crippen LogP contribution in [0.15, 0.2) is 0 Å². The van der Waals surface area contributed by atoms with E-state index >= 15 is 0 Å². The summed E-state index contributed by atoms with van der Waals surface area (Å²) in [4.78, 5) is 12.5. The number of Topliss-reactive ketones (excluding diaryl/α,β-unsaturated/α-hetero) is 1. The molecule has 0 amide bonds. The van der Waals surface area contributed by atoms with E-state index in [-0.39, 0.29) is 29.5 Å². The molecule has 3 fully saturated rings. The van der Waals surface area contributed by atoms with Crippen molar-refractivity contribution in [1.82, 2.24) is 5.32 Å². The first kappa shape index (κ1) is 17.4. The third-order valence-corrected chi connectivity index (χ3v) is 8.15. The SMILES string of the molecule is C[C@@H]1CC[C@@H](COS(=O)(=O)C[C@]23CC[C@H](CC2=O)C3(C)C)CN1. The van der Waals surface area contributed by atoms with Crippen molar-refractivity contribution in [2.45, 2.75) is 58.9 Å². The van der Waals surface area contributed by atoms with Crippen LogP contribution in [0.2, 0.25) is 0 Å². The average molecular weight is 343 g/mol. The fourth-order valence-electron chi connectivity index (χ4n) is 4.85. The van der Waals surface area contributed by atoms with Crippen molar-refractivity contribution in [1.29, 1.82) is 0 Å². The van der Waals surface area contributed by atoms with Crippen LogP contribution < -0.4 is 5.32 Å². The lowest BCUT2D eigenvalue weighted by Gasteiger charge is -2.36. The highest BCUT2D eigenvalue weighted by molar-refractivity contribution is 7.86. The van der Waals surface area contributed by atoms with Gasteiger partial charge in [-0.3, -0.25) is 8.98 Å². The van der Waals surface area contributed by atoms with Crippen LogP contribution in [0.1, 0.15) is 52.9 Å². The molecule has 4 atom stereocenters. The predicted octanol–water partition coefficient (Wildman–Crippen LogP) is 2.12. The third-order valence-electron chi connectivity index (χ3n) is 6.81. The molecule has 132 valence electrons. The van der Waals surface area contributed by atoms with Gasteiger partial charge >= 0.3 is 0 Å². The molecule has 0 aromatic carbocycles. The highest BCUT2D eigenvalue weighted by Crippen LogP contribution is 2.64. The fraction of sp³-hybridized carbons (Fsp3) is 0.941. The molecule has 0 aromatic rings. The van der Waals surface area contributed by atoms with Crippen molar-refractivity contribution in [2.24, 2.45) is 22.7 Å². The van der Waals surface area contributed by atoms with Gasteiger partial charge < -0.3 is 5.32 Å². The van der Waals surface area contributed by atoms with Crippen molar-refractivity contribution >= 4 is 15.9 Å². The molecule has 0 aromatic heterocycles. The second-order valence-electron chi connectivity index (χ2n) is 8.41. The number of piperidine rings is 1. The number of carbonyl (C=O) groups is 1. The van der Waals surface area contributed by atoms with Gasteiger partial charge in [-0.25, -0.2) is 0 Å². The van der Waals surface area contributed by atoms with Gasteiger partial charge in [0.2, 0.25) is 0 Å². The van der Waals surface area contributed by atoms with Crippen LogP contribution in [0.4, 0.5) is 0 Å². The molecular formula is C17H29NO4S. The van der Waals surface area contributed by atoms with Crippen molar-refractivity contribution in [2.75, 3.05) is 18.9 Å². The molecule has 23 heavy (non-hydrogen) atoms. The number of nitrogens with one attached hydrogen (secondary N) is 1.